The summed E-state index contributed by atoms with van der Waals surface area (Å²) in [7, 11) is 0. The molecule has 6 nitrogen and oxygen atoms in total. The van der Waals surface area contributed by atoms with Crippen LogP contribution in [0, 0.1) is 0 Å². The van der Waals surface area contributed by atoms with Gasteiger partial charge in [-0.2, -0.15) is 11.8 Å². The second-order valence-corrected chi connectivity index (χ2v) is 6.59. The molecule has 0 amide bonds. The van der Waals surface area contributed by atoms with Crippen molar-refractivity contribution in [1.82, 2.24) is 15.6 Å². The lowest BCUT2D eigenvalue weighted by atomic mass is 10.3. The van der Waals surface area contributed by atoms with Crippen molar-refractivity contribution in [3.8, 4) is 17.4 Å². The minimum absolute atomic E-state index is 0.528. The molecule has 0 fully saturated rings. The summed E-state index contributed by atoms with van der Waals surface area (Å²) in [6.07, 6.45) is 3.88. The lowest BCUT2D eigenvalue weighted by molar-refractivity contribution is 0.319. The predicted octanol–water partition coefficient (Wildman–Crippen LogP) is 3.69. The van der Waals surface area contributed by atoms with E-state index >= 15 is 0 Å². The van der Waals surface area contributed by atoms with Crippen molar-refractivity contribution in [3.05, 3.63) is 48.2 Å². The number of nitrogens with zero attached hydrogens (tertiary/aromatic N) is 2. The Morgan fingerprint density at radius 3 is 2.59 bits per heavy atom. The van der Waals surface area contributed by atoms with Gasteiger partial charge >= 0.3 is 0 Å². The third-order valence-corrected chi connectivity index (χ3v) is 4.14. The number of rotatable bonds is 10. The van der Waals surface area contributed by atoms with Gasteiger partial charge in [0, 0.05) is 31.1 Å². The molecule has 0 bridgehead atoms. The van der Waals surface area contributed by atoms with E-state index < -0.39 is 0 Å². The van der Waals surface area contributed by atoms with Crippen LogP contribution in [-0.4, -0.2) is 42.6 Å². The fourth-order valence-corrected chi connectivity index (χ4v) is 2.58. The van der Waals surface area contributed by atoms with Crippen LogP contribution < -0.4 is 20.1 Å². The summed E-state index contributed by atoms with van der Waals surface area (Å²) in [5.74, 6) is 3.76. The predicted molar refractivity (Wildman–Crippen MR) is 113 cm³/mol. The molecule has 1 aromatic heterocycles. The van der Waals surface area contributed by atoms with Crippen molar-refractivity contribution in [1.29, 1.82) is 0 Å². The number of para-hydroxylation sites is 2. The maximum atomic E-state index is 5.85. The monoisotopic (exact) mass is 388 g/mol. The first-order valence-electron chi connectivity index (χ1n) is 9.12. The van der Waals surface area contributed by atoms with Gasteiger partial charge in [0.2, 0.25) is 5.88 Å². The Morgan fingerprint density at radius 1 is 1.11 bits per heavy atom. The van der Waals surface area contributed by atoms with E-state index in [1.54, 1.807) is 18.0 Å². The molecule has 0 saturated heterocycles. The molecule has 7 heteroatoms. The van der Waals surface area contributed by atoms with E-state index in [-0.39, 0.29) is 0 Å². The van der Waals surface area contributed by atoms with Gasteiger partial charge in [0.05, 0.1) is 13.2 Å². The Morgan fingerprint density at radius 2 is 1.93 bits per heavy atom. The fraction of sp³-hybridized carbons (Fsp3) is 0.400. The van der Waals surface area contributed by atoms with Crippen molar-refractivity contribution in [2.75, 3.05) is 31.7 Å². The Hall–Kier alpha value is -2.41. The van der Waals surface area contributed by atoms with Gasteiger partial charge in [-0.15, -0.1) is 0 Å². The zero-order valence-corrected chi connectivity index (χ0v) is 17.0. The van der Waals surface area contributed by atoms with Crippen LogP contribution in [0.3, 0.4) is 0 Å². The molecule has 146 valence electrons. The Kier molecular flexibility index (Phi) is 9.34. The third kappa shape index (κ3) is 7.38. The number of pyridine rings is 1. The summed E-state index contributed by atoms with van der Waals surface area (Å²) in [5.41, 5.74) is 1.02. The first-order valence-corrected chi connectivity index (χ1v) is 10.5. The number of guanidine groups is 1. The zero-order chi connectivity index (χ0) is 19.3. The lowest BCUT2D eigenvalue weighted by Gasteiger charge is -2.11. The first-order chi connectivity index (χ1) is 13.3. The summed E-state index contributed by atoms with van der Waals surface area (Å²) in [4.78, 5) is 8.98. The Labute approximate surface area is 165 Å². The van der Waals surface area contributed by atoms with Crippen LogP contribution in [0.25, 0.3) is 0 Å². The number of hydrogen-bond acceptors (Lipinski definition) is 5. The van der Waals surface area contributed by atoms with E-state index in [9.17, 15) is 0 Å². The van der Waals surface area contributed by atoms with Gasteiger partial charge in [0.25, 0.3) is 0 Å². The molecule has 0 spiro atoms. The van der Waals surface area contributed by atoms with Crippen LogP contribution in [0.2, 0.25) is 0 Å². The quantitative estimate of drug-likeness (QED) is 0.368. The van der Waals surface area contributed by atoms with Gasteiger partial charge in [-0.05, 0) is 37.8 Å². The highest BCUT2D eigenvalue weighted by Crippen LogP contribution is 2.30. The van der Waals surface area contributed by atoms with Gasteiger partial charge in [-0.25, -0.2) is 9.98 Å². The summed E-state index contributed by atoms with van der Waals surface area (Å²) >= 11 is 1.80. The number of aliphatic imine (C=N–C) groups is 1. The molecule has 0 saturated carbocycles. The van der Waals surface area contributed by atoms with Crippen LogP contribution in [0.15, 0.2) is 47.6 Å². The van der Waals surface area contributed by atoms with E-state index in [0.29, 0.717) is 30.5 Å². The van der Waals surface area contributed by atoms with Crippen LogP contribution >= 0.6 is 11.8 Å². The maximum Gasteiger partial charge on any atom is 0.219 e. The van der Waals surface area contributed by atoms with E-state index in [4.69, 9.17) is 9.47 Å². The van der Waals surface area contributed by atoms with Gasteiger partial charge in [0.1, 0.15) is 0 Å². The molecule has 2 aromatic rings. The van der Waals surface area contributed by atoms with E-state index in [1.807, 2.05) is 43.3 Å². The molecule has 0 aliphatic carbocycles. The van der Waals surface area contributed by atoms with Crippen molar-refractivity contribution in [3.63, 3.8) is 0 Å². The van der Waals surface area contributed by atoms with Crippen molar-refractivity contribution in [2.45, 2.75) is 20.4 Å². The van der Waals surface area contributed by atoms with E-state index in [1.165, 1.54) is 0 Å². The van der Waals surface area contributed by atoms with E-state index in [2.05, 4.69) is 33.8 Å². The summed E-state index contributed by atoms with van der Waals surface area (Å²) in [5, 5.41) is 6.56. The van der Waals surface area contributed by atoms with Crippen LogP contribution in [0.4, 0.5) is 0 Å². The third-order valence-electron chi connectivity index (χ3n) is 3.52. The zero-order valence-electron chi connectivity index (χ0n) is 16.2. The normalized spacial score (nSPS) is 11.1. The van der Waals surface area contributed by atoms with Crippen molar-refractivity contribution >= 4 is 17.7 Å². The van der Waals surface area contributed by atoms with Crippen LogP contribution in [0.5, 0.6) is 17.4 Å². The number of nitrogens with one attached hydrogen (secondary N) is 2. The second kappa shape index (κ2) is 12.1. The molecule has 2 N–H and O–H groups in total. The maximum absolute atomic E-state index is 5.85. The highest BCUT2D eigenvalue weighted by atomic mass is 32.2. The Balaban J connectivity index is 1.97. The largest absolute Gasteiger partial charge is 0.490 e. The topological polar surface area (TPSA) is 67.8 Å². The highest BCUT2D eigenvalue weighted by molar-refractivity contribution is 7.98. The van der Waals surface area contributed by atoms with Gasteiger partial charge in [-0.1, -0.05) is 18.2 Å². The van der Waals surface area contributed by atoms with Gasteiger partial charge < -0.3 is 20.1 Å². The molecule has 0 radical (unpaired) electrons. The summed E-state index contributed by atoms with van der Waals surface area (Å²) in [6.45, 7) is 6.86. The van der Waals surface area contributed by atoms with Gasteiger partial charge in [0.15, 0.2) is 17.5 Å². The SMILES string of the molecule is CCNC(=NCc1ccc(Oc2ccccc2OCC)nc1)NCCSC. The molecule has 0 aliphatic rings. The molecule has 27 heavy (non-hydrogen) atoms. The number of aromatic nitrogens is 1. The summed E-state index contributed by atoms with van der Waals surface area (Å²) in [6, 6.07) is 11.4. The van der Waals surface area contributed by atoms with Crippen LogP contribution in [-0.2, 0) is 6.54 Å². The lowest BCUT2D eigenvalue weighted by Crippen LogP contribution is -2.38. The molecule has 1 aromatic carbocycles. The average molecular weight is 389 g/mol. The summed E-state index contributed by atoms with van der Waals surface area (Å²) < 4.78 is 11.4. The average Bonchev–Trinajstić information content (AvgIpc) is 2.69. The molecular weight excluding hydrogens is 360 g/mol. The number of ether oxygens (including phenoxy) is 2. The van der Waals surface area contributed by atoms with Crippen molar-refractivity contribution < 1.29 is 9.47 Å². The number of thioether (sulfide) groups is 1. The van der Waals surface area contributed by atoms with Crippen molar-refractivity contribution in [2.24, 2.45) is 4.99 Å². The molecular formula is C20H28N4O2S. The Bertz CT molecular complexity index is 707. The minimum Gasteiger partial charge on any atom is -0.490 e. The number of benzene rings is 1. The molecule has 0 atom stereocenters. The highest BCUT2D eigenvalue weighted by Gasteiger charge is 2.06. The standard InChI is InChI=1S/C20H28N4O2S/c1-4-21-20(22-12-13-27-3)24-15-16-10-11-19(23-14-16)26-18-9-7-6-8-17(18)25-5-2/h6-11,14H,4-5,12-13,15H2,1-3H3,(H2,21,22,24). The van der Waals surface area contributed by atoms with Crippen LogP contribution in [0.1, 0.15) is 19.4 Å². The number of hydrogen-bond donors (Lipinski definition) is 2. The molecule has 1 heterocycles. The first kappa shape index (κ1) is 20.9. The second-order valence-electron chi connectivity index (χ2n) is 5.60. The fourth-order valence-electron chi connectivity index (χ4n) is 2.27. The molecule has 0 unspecified atom stereocenters. The van der Waals surface area contributed by atoms with E-state index in [0.717, 1.165) is 30.4 Å². The van der Waals surface area contributed by atoms with Gasteiger partial charge in [-0.3, -0.25) is 0 Å². The smallest absolute Gasteiger partial charge is 0.219 e. The minimum atomic E-state index is 0.528. The molecule has 0 aliphatic heterocycles. The molecule has 2 rings (SSSR count).